The van der Waals surface area contributed by atoms with Gasteiger partial charge in [-0.25, -0.2) is 0 Å². The average Bonchev–Trinajstić information content (AvgIpc) is 2.78. The van der Waals surface area contributed by atoms with Gasteiger partial charge < -0.3 is 10.1 Å². The molecule has 0 unspecified atom stereocenters. The summed E-state index contributed by atoms with van der Waals surface area (Å²) in [5.41, 5.74) is 4.72. The van der Waals surface area contributed by atoms with E-state index in [0.717, 1.165) is 29.7 Å². The molecule has 0 fully saturated rings. The second-order valence-electron chi connectivity index (χ2n) is 7.62. The van der Waals surface area contributed by atoms with Crippen molar-refractivity contribution < 1.29 is 9.53 Å². The van der Waals surface area contributed by atoms with Crippen LogP contribution in [0.5, 0.6) is 5.75 Å². The Morgan fingerprint density at radius 1 is 0.828 bits per heavy atom. The molecule has 1 N–H and O–H groups in total. The number of hydrogen-bond acceptors (Lipinski definition) is 2. The maximum Gasteiger partial charge on any atom is 0.261 e. The van der Waals surface area contributed by atoms with Gasteiger partial charge in [0.05, 0.1) is 6.04 Å². The van der Waals surface area contributed by atoms with Crippen molar-refractivity contribution in [3.8, 4) is 5.75 Å². The zero-order valence-electron chi connectivity index (χ0n) is 16.8. The van der Waals surface area contributed by atoms with E-state index in [0.29, 0.717) is 0 Å². The van der Waals surface area contributed by atoms with Crippen LogP contribution in [0.3, 0.4) is 0 Å². The van der Waals surface area contributed by atoms with Gasteiger partial charge in [-0.15, -0.1) is 0 Å². The molecule has 3 aromatic carbocycles. The van der Waals surface area contributed by atoms with Crippen molar-refractivity contribution in [1.82, 2.24) is 5.32 Å². The van der Waals surface area contributed by atoms with Gasteiger partial charge in [0.1, 0.15) is 5.75 Å². The van der Waals surface area contributed by atoms with E-state index in [9.17, 15) is 4.79 Å². The van der Waals surface area contributed by atoms with Crippen LogP contribution in [0.4, 0.5) is 0 Å². The summed E-state index contributed by atoms with van der Waals surface area (Å²) >= 11 is 0. The number of nitrogens with one attached hydrogen (secondary N) is 1. The molecule has 0 saturated carbocycles. The van der Waals surface area contributed by atoms with Gasteiger partial charge in [0.25, 0.3) is 5.91 Å². The predicted molar refractivity (Wildman–Crippen MR) is 116 cm³/mol. The summed E-state index contributed by atoms with van der Waals surface area (Å²) in [5, 5.41) is 3.19. The Morgan fingerprint density at radius 2 is 1.45 bits per heavy atom. The fraction of sp³-hybridized carbons (Fsp3) is 0.269. The number of fused-ring (bicyclic) bond motifs is 1. The lowest BCUT2D eigenvalue weighted by Crippen LogP contribution is -2.39. The first kappa shape index (κ1) is 19.3. The zero-order chi connectivity index (χ0) is 20.1. The summed E-state index contributed by atoms with van der Waals surface area (Å²) < 4.78 is 6.14. The Kier molecular flexibility index (Phi) is 5.95. The van der Waals surface area contributed by atoms with Crippen LogP contribution in [0.15, 0.2) is 78.9 Å². The molecule has 0 bridgehead atoms. The number of aryl methyl sites for hydroxylation is 1. The van der Waals surface area contributed by atoms with Gasteiger partial charge in [-0.1, -0.05) is 72.8 Å². The highest BCUT2D eigenvalue weighted by molar-refractivity contribution is 5.81. The van der Waals surface area contributed by atoms with Crippen LogP contribution in [0.2, 0.25) is 0 Å². The van der Waals surface area contributed by atoms with E-state index in [2.05, 4.69) is 11.4 Å². The summed E-state index contributed by atoms with van der Waals surface area (Å²) in [6, 6.07) is 26.1. The molecule has 3 aromatic rings. The molecule has 0 radical (unpaired) electrons. The number of carbonyl (C=O) groups is 1. The minimum absolute atomic E-state index is 0.115. The van der Waals surface area contributed by atoms with E-state index in [1.165, 1.54) is 24.0 Å². The highest BCUT2D eigenvalue weighted by Crippen LogP contribution is 2.30. The van der Waals surface area contributed by atoms with Gasteiger partial charge in [-0.05, 0) is 60.9 Å². The predicted octanol–water partition coefficient (Wildman–Crippen LogP) is 5.24. The quantitative estimate of drug-likeness (QED) is 0.630. The van der Waals surface area contributed by atoms with Crippen molar-refractivity contribution in [1.29, 1.82) is 0 Å². The molecular formula is C26H27NO2. The Hall–Kier alpha value is -3.07. The Labute approximate surface area is 172 Å². The van der Waals surface area contributed by atoms with Crippen LogP contribution in [0, 0.1) is 0 Å². The molecule has 29 heavy (non-hydrogen) atoms. The summed E-state index contributed by atoms with van der Waals surface area (Å²) in [6.45, 7) is 1.82. The molecule has 0 heterocycles. The molecule has 1 amide bonds. The lowest BCUT2D eigenvalue weighted by Gasteiger charge is -2.24. The van der Waals surface area contributed by atoms with E-state index in [1.807, 2.05) is 79.7 Å². The number of rotatable bonds is 6. The molecule has 148 valence electrons. The third-order valence-corrected chi connectivity index (χ3v) is 5.58. The third kappa shape index (κ3) is 4.51. The van der Waals surface area contributed by atoms with Gasteiger partial charge >= 0.3 is 0 Å². The molecule has 0 saturated heterocycles. The topological polar surface area (TPSA) is 38.3 Å². The van der Waals surface area contributed by atoms with Crippen LogP contribution in [0.25, 0.3) is 0 Å². The number of ether oxygens (including phenoxy) is 1. The Morgan fingerprint density at radius 3 is 2.10 bits per heavy atom. The van der Waals surface area contributed by atoms with E-state index in [4.69, 9.17) is 4.74 Å². The van der Waals surface area contributed by atoms with E-state index in [1.54, 1.807) is 0 Å². The minimum atomic E-state index is -0.571. The summed E-state index contributed by atoms with van der Waals surface area (Å²) in [6.07, 6.45) is 3.95. The maximum atomic E-state index is 13.0. The molecule has 0 spiro atoms. The lowest BCUT2D eigenvalue weighted by molar-refractivity contribution is -0.127. The fourth-order valence-electron chi connectivity index (χ4n) is 4.01. The molecule has 1 aliphatic rings. The zero-order valence-corrected chi connectivity index (χ0v) is 16.8. The smallest absolute Gasteiger partial charge is 0.261 e. The van der Waals surface area contributed by atoms with Crippen LogP contribution in [0.1, 0.15) is 48.1 Å². The number of amides is 1. The van der Waals surface area contributed by atoms with Crippen LogP contribution < -0.4 is 10.1 Å². The standard InChI is InChI=1S/C26H27NO2/c1-19(29-24-18-10-16-20-11-8-9-17-23(20)24)26(28)27-25(21-12-4-2-5-13-21)22-14-6-3-7-15-22/h2-7,10,12-16,18-19,25H,8-9,11,17H2,1H3,(H,27,28)/t19-/m1/s1. The molecule has 4 rings (SSSR count). The van der Waals surface area contributed by atoms with Crippen molar-refractivity contribution >= 4 is 5.91 Å². The molecule has 3 nitrogen and oxygen atoms in total. The Balaban J connectivity index is 1.52. The molecule has 0 aromatic heterocycles. The second-order valence-corrected chi connectivity index (χ2v) is 7.62. The average molecular weight is 386 g/mol. The van der Waals surface area contributed by atoms with Crippen molar-refractivity contribution in [2.75, 3.05) is 0 Å². The van der Waals surface area contributed by atoms with Gasteiger partial charge in [0.15, 0.2) is 6.10 Å². The fourth-order valence-corrected chi connectivity index (χ4v) is 4.01. The minimum Gasteiger partial charge on any atom is -0.481 e. The lowest BCUT2D eigenvalue weighted by atomic mass is 9.91. The van der Waals surface area contributed by atoms with Crippen molar-refractivity contribution in [2.45, 2.75) is 44.8 Å². The van der Waals surface area contributed by atoms with Crippen LogP contribution >= 0.6 is 0 Å². The summed E-state index contributed by atoms with van der Waals surface area (Å²) in [4.78, 5) is 13.0. The Bertz CT molecular complexity index is 913. The van der Waals surface area contributed by atoms with Crippen LogP contribution in [-0.2, 0) is 17.6 Å². The SMILES string of the molecule is C[C@@H](Oc1cccc2c1CCCC2)C(=O)NC(c1ccccc1)c1ccccc1. The molecular weight excluding hydrogens is 358 g/mol. The first-order valence-corrected chi connectivity index (χ1v) is 10.4. The number of carbonyl (C=O) groups excluding carboxylic acids is 1. The van der Waals surface area contributed by atoms with E-state index < -0.39 is 6.10 Å². The van der Waals surface area contributed by atoms with Crippen molar-refractivity contribution in [2.24, 2.45) is 0 Å². The van der Waals surface area contributed by atoms with Crippen molar-refractivity contribution in [3.05, 3.63) is 101 Å². The third-order valence-electron chi connectivity index (χ3n) is 5.58. The number of benzene rings is 3. The summed E-state index contributed by atoms with van der Waals surface area (Å²) in [5.74, 6) is 0.733. The molecule has 1 aliphatic carbocycles. The van der Waals surface area contributed by atoms with E-state index >= 15 is 0 Å². The first-order valence-electron chi connectivity index (χ1n) is 10.4. The highest BCUT2D eigenvalue weighted by Gasteiger charge is 2.23. The molecule has 0 aliphatic heterocycles. The maximum absolute atomic E-state index is 13.0. The van der Waals surface area contributed by atoms with E-state index in [-0.39, 0.29) is 11.9 Å². The number of hydrogen-bond donors (Lipinski definition) is 1. The van der Waals surface area contributed by atoms with Gasteiger partial charge in [-0.3, -0.25) is 4.79 Å². The molecule has 3 heteroatoms. The summed E-state index contributed by atoms with van der Waals surface area (Å²) in [7, 11) is 0. The van der Waals surface area contributed by atoms with Crippen LogP contribution in [-0.4, -0.2) is 12.0 Å². The van der Waals surface area contributed by atoms with Gasteiger partial charge in [0, 0.05) is 0 Å². The highest BCUT2D eigenvalue weighted by atomic mass is 16.5. The monoisotopic (exact) mass is 385 g/mol. The first-order chi connectivity index (χ1) is 14.2. The molecule has 1 atom stereocenters. The van der Waals surface area contributed by atoms with Gasteiger partial charge in [0.2, 0.25) is 0 Å². The largest absolute Gasteiger partial charge is 0.481 e. The van der Waals surface area contributed by atoms with Crippen molar-refractivity contribution in [3.63, 3.8) is 0 Å². The van der Waals surface area contributed by atoms with Gasteiger partial charge in [-0.2, -0.15) is 0 Å². The normalized spacial score (nSPS) is 14.1. The second kappa shape index (κ2) is 8.95.